The second kappa shape index (κ2) is 6.76. The number of hydrogen-bond donors (Lipinski definition) is 2. The lowest BCUT2D eigenvalue weighted by Crippen LogP contribution is -2.35. The molecule has 3 N–H and O–H groups in total. The third-order valence-electron chi connectivity index (χ3n) is 3.62. The molecule has 1 aromatic rings. The molecule has 1 saturated carbocycles. The van der Waals surface area contributed by atoms with Crippen LogP contribution in [0.3, 0.4) is 0 Å². The molecule has 0 radical (unpaired) electrons. The van der Waals surface area contributed by atoms with Crippen LogP contribution < -0.4 is 15.8 Å². The van der Waals surface area contributed by atoms with Crippen LogP contribution in [-0.4, -0.2) is 19.2 Å². The summed E-state index contributed by atoms with van der Waals surface area (Å²) < 4.78 is 5.69. The maximum atomic E-state index is 5.93. The molecule has 1 aliphatic carbocycles. The predicted octanol–water partition coefficient (Wildman–Crippen LogP) is 2.62. The van der Waals surface area contributed by atoms with Gasteiger partial charge < -0.3 is 15.8 Å². The van der Waals surface area contributed by atoms with Gasteiger partial charge in [0.1, 0.15) is 5.75 Å². The van der Waals surface area contributed by atoms with Gasteiger partial charge in [-0.25, -0.2) is 0 Å². The lowest BCUT2D eigenvalue weighted by atomic mass is 10.0. The number of benzene rings is 1. The van der Waals surface area contributed by atoms with Crippen LogP contribution in [0.25, 0.3) is 0 Å². The first-order valence-corrected chi connectivity index (χ1v) is 7.03. The standard InChI is InChI=1S/C15H24N2O/c1-2-18-15-10-6-5-9-13(15)14(11-16)17-12-7-3-4-8-12/h5-6,9-10,12,14,17H,2-4,7-8,11,16H2,1H3. The van der Waals surface area contributed by atoms with Gasteiger partial charge >= 0.3 is 0 Å². The summed E-state index contributed by atoms with van der Waals surface area (Å²) in [7, 11) is 0. The van der Waals surface area contributed by atoms with Gasteiger partial charge in [0.25, 0.3) is 0 Å². The molecule has 100 valence electrons. The molecule has 1 fully saturated rings. The van der Waals surface area contributed by atoms with E-state index in [9.17, 15) is 0 Å². The molecule has 3 heteroatoms. The molecule has 0 saturated heterocycles. The van der Waals surface area contributed by atoms with Crippen molar-refractivity contribution in [3.8, 4) is 5.75 Å². The molecule has 0 aromatic heterocycles. The van der Waals surface area contributed by atoms with E-state index < -0.39 is 0 Å². The Morgan fingerprint density at radius 1 is 1.33 bits per heavy atom. The highest BCUT2D eigenvalue weighted by Gasteiger charge is 2.21. The molecule has 1 aromatic carbocycles. The number of hydrogen-bond acceptors (Lipinski definition) is 3. The van der Waals surface area contributed by atoms with Gasteiger partial charge in [-0.05, 0) is 25.8 Å². The van der Waals surface area contributed by atoms with Crippen LogP contribution in [0.1, 0.15) is 44.2 Å². The predicted molar refractivity (Wildman–Crippen MR) is 74.8 cm³/mol. The van der Waals surface area contributed by atoms with E-state index in [0.29, 0.717) is 19.2 Å². The monoisotopic (exact) mass is 248 g/mol. The SMILES string of the molecule is CCOc1ccccc1C(CN)NC1CCCC1. The fraction of sp³-hybridized carbons (Fsp3) is 0.600. The molecular formula is C15H24N2O. The average molecular weight is 248 g/mol. The van der Waals surface area contributed by atoms with Crippen molar-refractivity contribution < 1.29 is 4.74 Å². The quantitative estimate of drug-likeness (QED) is 0.813. The molecule has 1 atom stereocenters. The second-order valence-corrected chi connectivity index (χ2v) is 4.91. The molecule has 3 nitrogen and oxygen atoms in total. The van der Waals surface area contributed by atoms with Crippen LogP contribution in [-0.2, 0) is 0 Å². The number of ether oxygens (including phenoxy) is 1. The molecule has 0 amide bonds. The summed E-state index contributed by atoms with van der Waals surface area (Å²) in [5.74, 6) is 0.959. The van der Waals surface area contributed by atoms with Crippen molar-refractivity contribution in [1.29, 1.82) is 0 Å². The van der Waals surface area contributed by atoms with E-state index in [1.165, 1.54) is 31.2 Å². The molecule has 1 unspecified atom stereocenters. The molecule has 18 heavy (non-hydrogen) atoms. The lowest BCUT2D eigenvalue weighted by Gasteiger charge is -2.24. The van der Waals surface area contributed by atoms with Gasteiger partial charge in [0.15, 0.2) is 0 Å². The first-order valence-electron chi connectivity index (χ1n) is 7.03. The Labute approximate surface area is 110 Å². The summed E-state index contributed by atoms with van der Waals surface area (Å²) in [5.41, 5.74) is 7.12. The Kier molecular flexibility index (Phi) is 5.02. The van der Waals surface area contributed by atoms with Crippen molar-refractivity contribution in [3.05, 3.63) is 29.8 Å². The number of nitrogens with one attached hydrogen (secondary N) is 1. The van der Waals surface area contributed by atoms with Gasteiger partial charge in [-0.1, -0.05) is 31.0 Å². The Balaban J connectivity index is 2.10. The minimum atomic E-state index is 0.204. The van der Waals surface area contributed by atoms with E-state index in [0.717, 1.165) is 5.75 Å². The highest BCUT2D eigenvalue weighted by molar-refractivity contribution is 5.36. The van der Waals surface area contributed by atoms with Crippen molar-refractivity contribution in [2.75, 3.05) is 13.2 Å². The van der Waals surface area contributed by atoms with Crippen molar-refractivity contribution in [2.45, 2.75) is 44.7 Å². The smallest absolute Gasteiger partial charge is 0.124 e. The summed E-state index contributed by atoms with van der Waals surface area (Å²) in [6.45, 7) is 3.32. The molecule has 0 aliphatic heterocycles. The van der Waals surface area contributed by atoms with Crippen molar-refractivity contribution >= 4 is 0 Å². The van der Waals surface area contributed by atoms with E-state index in [1.807, 2.05) is 19.1 Å². The van der Waals surface area contributed by atoms with Crippen LogP contribution in [0, 0.1) is 0 Å². The van der Waals surface area contributed by atoms with Crippen LogP contribution >= 0.6 is 0 Å². The van der Waals surface area contributed by atoms with Gasteiger partial charge in [0, 0.05) is 24.2 Å². The summed E-state index contributed by atoms with van der Waals surface area (Å²) in [4.78, 5) is 0. The van der Waals surface area contributed by atoms with Crippen molar-refractivity contribution in [3.63, 3.8) is 0 Å². The maximum Gasteiger partial charge on any atom is 0.124 e. The fourth-order valence-electron chi connectivity index (χ4n) is 2.72. The molecule has 2 rings (SSSR count). The first-order chi connectivity index (χ1) is 8.85. The first kappa shape index (κ1) is 13.4. The van der Waals surface area contributed by atoms with E-state index >= 15 is 0 Å². The van der Waals surface area contributed by atoms with E-state index in [-0.39, 0.29) is 6.04 Å². The Morgan fingerprint density at radius 2 is 2.06 bits per heavy atom. The molecule has 0 spiro atoms. The van der Waals surface area contributed by atoms with Crippen LogP contribution in [0.15, 0.2) is 24.3 Å². The van der Waals surface area contributed by atoms with Gasteiger partial charge in [-0.15, -0.1) is 0 Å². The number of rotatable bonds is 6. The van der Waals surface area contributed by atoms with E-state index in [2.05, 4.69) is 17.4 Å². The van der Waals surface area contributed by atoms with Gasteiger partial charge in [0.2, 0.25) is 0 Å². The zero-order valence-electron chi connectivity index (χ0n) is 11.2. The molecule has 1 aliphatic rings. The second-order valence-electron chi connectivity index (χ2n) is 4.91. The fourth-order valence-corrected chi connectivity index (χ4v) is 2.72. The van der Waals surface area contributed by atoms with E-state index in [1.54, 1.807) is 0 Å². The van der Waals surface area contributed by atoms with Crippen LogP contribution in [0.4, 0.5) is 0 Å². The number of nitrogens with two attached hydrogens (primary N) is 1. The van der Waals surface area contributed by atoms with Gasteiger partial charge in [-0.3, -0.25) is 0 Å². The molecule has 0 heterocycles. The van der Waals surface area contributed by atoms with Crippen molar-refractivity contribution in [1.82, 2.24) is 5.32 Å². The third kappa shape index (κ3) is 3.24. The average Bonchev–Trinajstić information content (AvgIpc) is 2.90. The van der Waals surface area contributed by atoms with Crippen molar-refractivity contribution in [2.24, 2.45) is 5.73 Å². The maximum absolute atomic E-state index is 5.93. The Bertz CT molecular complexity index is 361. The van der Waals surface area contributed by atoms with Gasteiger partial charge in [-0.2, -0.15) is 0 Å². The summed E-state index contributed by atoms with van der Waals surface area (Å²) in [6.07, 6.45) is 5.21. The largest absolute Gasteiger partial charge is 0.494 e. The zero-order valence-corrected chi connectivity index (χ0v) is 11.2. The number of para-hydroxylation sites is 1. The van der Waals surface area contributed by atoms with Crippen LogP contribution in [0.2, 0.25) is 0 Å². The Hall–Kier alpha value is -1.06. The minimum Gasteiger partial charge on any atom is -0.494 e. The highest BCUT2D eigenvalue weighted by Crippen LogP contribution is 2.27. The normalized spacial score (nSPS) is 17.9. The molecular weight excluding hydrogens is 224 g/mol. The highest BCUT2D eigenvalue weighted by atomic mass is 16.5. The summed E-state index contributed by atoms with van der Waals surface area (Å²) in [5, 5.41) is 3.68. The Morgan fingerprint density at radius 3 is 2.72 bits per heavy atom. The topological polar surface area (TPSA) is 47.3 Å². The summed E-state index contributed by atoms with van der Waals surface area (Å²) >= 11 is 0. The minimum absolute atomic E-state index is 0.204. The lowest BCUT2D eigenvalue weighted by molar-refractivity contribution is 0.328. The third-order valence-corrected chi connectivity index (χ3v) is 3.62. The summed E-state index contributed by atoms with van der Waals surface area (Å²) in [6, 6.07) is 9.03. The van der Waals surface area contributed by atoms with E-state index in [4.69, 9.17) is 10.5 Å². The van der Waals surface area contributed by atoms with Crippen LogP contribution in [0.5, 0.6) is 5.75 Å². The molecule has 0 bridgehead atoms. The zero-order chi connectivity index (χ0) is 12.8. The van der Waals surface area contributed by atoms with Gasteiger partial charge in [0.05, 0.1) is 6.61 Å².